The van der Waals surface area contributed by atoms with Crippen LogP contribution in [0.15, 0.2) is 96.1 Å². The number of halogens is 2. The standard InChI is InChI=1S/C22H25.C17H15.C2H7Si.2ClH.Zr/c1-15(2)18-13-17-7-6-8-20(21(17)14-18)16-9-11-19(12-10-16)22(3,4)5;1-12-10-16-13(2)8-9-15(17(16)11-12)14-6-4-3-5-7-14;1-3-2;;;/h6-15H,1-5H3;3-11H,1-2H3;3H,1-2H3;2*1H;/q;;;;;+2/p-2. The van der Waals surface area contributed by atoms with Crippen molar-refractivity contribution in [1.29, 1.82) is 0 Å². The zero-order chi connectivity index (χ0) is 32.5. The summed E-state index contributed by atoms with van der Waals surface area (Å²) in [4.78, 5) is 0. The van der Waals surface area contributed by atoms with E-state index < -0.39 is 21.5 Å². The summed E-state index contributed by atoms with van der Waals surface area (Å²) in [5.74, 6) is -1.28. The quantitative estimate of drug-likeness (QED) is 0.173. The van der Waals surface area contributed by atoms with Gasteiger partial charge in [0.1, 0.15) is 0 Å². The van der Waals surface area contributed by atoms with Crippen LogP contribution in [0.3, 0.4) is 0 Å². The average Bonchev–Trinajstić information content (AvgIpc) is 3.58. The molecule has 0 aliphatic heterocycles. The first kappa shape index (κ1) is 33.0. The Morgan fingerprint density at radius 3 is 1.91 bits per heavy atom. The van der Waals surface area contributed by atoms with Crippen LogP contribution in [0.25, 0.3) is 34.4 Å². The average molecular weight is 730 g/mol. The maximum absolute atomic E-state index is 8.63. The zero-order valence-corrected chi connectivity index (χ0v) is 33.4. The topological polar surface area (TPSA) is 0 Å². The minimum atomic E-state index is -4.81. The van der Waals surface area contributed by atoms with Crippen LogP contribution in [0.2, 0.25) is 13.1 Å². The van der Waals surface area contributed by atoms with E-state index in [1.165, 1.54) is 66.8 Å². The van der Waals surface area contributed by atoms with Crippen LogP contribution < -0.4 is 0 Å². The predicted octanol–water partition coefficient (Wildman–Crippen LogP) is 12.9. The van der Waals surface area contributed by atoms with Crippen molar-refractivity contribution < 1.29 is 15.6 Å². The Bertz CT molecular complexity index is 1840. The van der Waals surface area contributed by atoms with Crippen molar-refractivity contribution in [3.63, 3.8) is 0 Å². The summed E-state index contributed by atoms with van der Waals surface area (Å²) in [5, 5.41) is 0. The van der Waals surface area contributed by atoms with Crippen molar-refractivity contribution in [2.75, 3.05) is 0 Å². The Hall–Kier alpha value is -1.96. The van der Waals surface area contributed by atoms with E-state index in [0.29, 0.717) is 5.92 Å². The van der Waals surface area contributed by atoms with E-state index in [0.717, 1.165) is 0 Å². The first-order valence-corrected chi connectivity index (χ1v) is 32.9. The molecule has 0 bridgehead atoms. The third kappa shape index (κ3) is 5.27. The fourth-order valence-electron chi connectivity index (χ4n) is 8.18. The Morgan fingerprint density at radius 2 is 1.31 bits per heavy atom. The fraction of sp³-hybridized carbons (Fsp3) is 0.317. The molecule has 0 amide bonds. The van der Waals surface area contributed by atoms with Crippen LogP contribution in [-0.4, -0.2) is 5.92 Å². The van der Waals surface area contributed by atoms with Crippen molar-refractivity contribution in [3.05, 3.63) is 129 Å². The van der Waals surface area contributed by atoms with Gasteiger partial charge in [-0.1, -0.05) is 0 Å². The molecule has 2 unspecified atom stereocenters. The SMILES string of the molecule is CC1=Cc2c(-c3ccccc3)ccc(C)c2[CH]1[Zr]([Cl])([Cl])([CH]1C(C(C)C)=Cc2c(-c3ccc(C(C)(C)C)cc3)cccc21)[SiH](C)C. The van der Waals surface area contributed by atoms with Crippen LogP contribution in [0, 0.1) is 12.8 Å². The Labute approximate surface area is 280 Å². The number of aryl methyl sites for hydroxylation is 1. The summed E-state index contributed by atoms with van der Waals surface area (Å²) in [5.41, 5.74) is 16.0. The molecule has 0 spiro atoms. The summed E-state index contributed by atoms with van der Waals surface area (Å²) in [6, 6.07) is 31.4. The van der Waals surface area contributed by atoms with Gasteiger partial charge < -0.3 is 0 Å². The van der Waals surface area contributed by atoms with E-state index in [2.05, 4.69) is 159 Å². The molecule has 233 valence electrons. The second-order valence-electron chi connectivity index (χ2n) is 15.2. The van der Waals surface area contributed by atoms with Crippen LogP contribution in [0.1, 0.15) is 82.2 Å². The van der Waals surface area contributed by atoms with Gasteiger partial charge in [0.05, 0.1) is 0 Å². The second kappa shape index (κ2) is 11.6. The summed E-state index contributed by atoms with van der Waals surface area (Å²) in [6.07, 6.45) is 4.90. The third-order valence-electron chi connectivity index (χ3n) is 10.7. The number of fused-ring (bicyclic) bond motifs is 2. The molecule has 0 heterocycles. The predicted molar refractivity (Wildman–Crippen MR) is 200 cm³/mol. The van der Waals surface area contributed by atoms with Crippen LogP contribution in [0.5, 0.6) is 0 Å². The summed E-state index contributed by atoms with van der Waals surface area (Å²) >= 11 is -4.81. The molecule has 0 saturated carbocycles. The van der Waals surface area contributed by atoms with Gasteiger partial charge in [-0.15, -0.1) is 0 Å². The van der Waals surface area contributed by atoms with Gasteiger partial charge in [0.15, 0.2) is 0 Å². The molecule has 0 radical (unpaired) electrons. The van der Waals surface area contributed by atoms with Crippen molar-refractivity contribution >= 4 is 35.1 Å². The number of hydrogen-bond acceptors (Lipinski definition) is 0. The Kier molecular flexibility index (Phi) is 8.52. The fourth-order valence-corrected chi connectivity index (χ4v) is 40.4. The van der Waals surface area contributed by atoms with E-state index in [1.807, 2.05) is 0 Å². The van der Waals surface area contributed by atoms with Crippen molar-refractivity contribution in [1.82, 2.24) is 0 Å². The molecule has 6 rings (SSSR count). The third-order valence-corrected chi connectivity index (χ3v) is 62.6. The maximum atomic E-state index is 8.63. The molecule has 0 N–H and O–H groups in total. The van der Waals surface area contributed by atoms with E-state index >= 15 is 0 Å². The summed E-state index contributed by atoms with van der Waals surface area (Å²) < 4.78 is 0.178. The second-order valence-corrected chi connectivity index (χ2v) is 57.7. The van der Waals surface area contributed by atoms with E-state index in [-0.39, 0.29) is 12.7 Å². The van der Waals surface area contributed by atoms with Crippen LogP contribution in [-0.2, 0) is 21.0 Å². The van der Waals surface area contributed by atoms with E-state index in [1.54, 1.807) is 0 Å². The molecule has 2 atom stereocenters. The van der Waals surface area contributed by atoms with E-state index in [9.17, 15) is 0 Å². The number of rotatable bonds is 6. The van der Waals surface area contributed by atoms with Gasteiger partial charge in [0.25, 0.3) is 0 Å². The van der Waals surface area contributed by atoms with Gasteiger partial charge >= 0.3 is 283 Å². The zero-order valence-electron chi connectivity index (χ0n) is 28.3. The molecule has 0 nitrogen and oxygen atoms in total. The number of benzene rings is 4. The van der Waals surface area contributed by atoms with Crippen molar-refractivity contribution in [2.45, 2.75) is 74.2 Å². The molecular formula is C41H47Cl2SiZr. The number of hydrogen-bond donors (Lipinski definition) is 0. The van der Waals surface area contributed by atoms with Gasteiger partial charge in [-0.2, -0.15) is 0 Å². The molecule has 4 aromatic carbocycles. The molecule has 4 aromatic rings. The van der Waals surface area contributed by atoms with Gasteiger partial charge in [-0.25, -0.2) is 0 Å². The molecular weight excluding hydrogens is 683 g/mol. The number of allylic oxidation sites excluding steroid dienone is 2. The molecule has 4 heteroatoms. The normalized spacial score (nSPS) is 18.8. The van der Waals surface area contributed by atoms with Gasteiger partial charge in [0.2, 0.25) is 0 Å². The minimum absolute atomic E-state index is 0.0873. The molecule has 0 aromatic heterocycles. The van der Waals surface area contributed by atoms with Crippen LogP contribution in [0.4, 0.5) is 0 Å². The Balaban J connectivity index is 1.57. The van der Waals surface area contributed by atoms with E-state index in [4.69, 9.17) is 17.0 Å². The van der Waals surface area contributed by atoms with Crippen molar-refractivity contribution in [2.24, 2.45) is 5.92 Å². The van der Waals surface area contributed by atoms with Crippen LogP contribution >= 0.6 is 17.0 Å². The molecule has 45 heavy (non-hydrogen) atoms. The molecule has 2 aliphatic rings. The van der Waals surface area contributed by atoms with Gasteiger partial charge in [0, 0.05) is 0 Å². The first-order valence-electron chi connectivity index (χ1n) is 16.5. The molecule has 2 aliphatic carbocycles. The molecule has 0 saturated heterocycles. The first-order chi connectivity index (χ1) is 21.1. The monoisotopic (exact) mass is 727 g/mol. The Morgan fingerprint density at radius 1 is 0.689 bits per heavy atom. The molecule has 0 fully saturated rings. The van der Waals surface area contributed by atoms with Gasteiger partial charge in [-0.3, -0.25) is 0 Å². The van der Waals surface area contributed by atoms with Crippen molar-refractivity contribution in [3.8, 4) is 22.3 Å². The summed E-state index contributed by atoms with van der Waals surface area (Å²) in [6.45, 7) is 20.9. The van der Waals surface area contributed by atoms with Gasteiger partial charge in [-0.05, 0) is 0 Å². The summed E-state index contributed by atoms with van der Waals surface area (Å²) in [7, 11) is 17.3.